The maximum Gasteiger partial charge on any atom is 0.341 e. The third-order valence-corrected chi connectivity index (χ3v) is 2.82. The molecule has 0 atom stereocenters. The molecule has 0 aliphatic rings. The van der Waals surface area contributed by atoms with Gasteiger partial charge in [-0.3, -0.25) is 4.79 Å². The van der Waals surface area contributed by atoms with E-state index in [9.17, 15) is 18.4 Å². The number of carbonyl (C=O) groups is 2. The van der Waals surface area contributed by atoms with Crippen LogP contribution in [-0.2, 0) is 11.3 Å². The summed E-state index contributed by atoms with van der Waals surface area (Å²) in [5, 5.41) is 0. The summed E-state index contributed by atoms with van der Waals surface area (Å²) in [7, 11) is 1.22. The lowest BCUT2D eigenvalue weighted by molar-refractivity contribution is 0.0599. The topological polar surface area (TPSA) is 65.7 Å². The van der Waals surface area contributed by atoms with Crippen LogP contribution in [0.3, 0.4) is 0 Å². The fourth-order valence-corrected chi connectivity index (χ4v) is 1.84. The standard InChI is InChI=1S/C15H12F2O5/c1-8(18)14-12(17)4-10(16)5-13(14)22-7-11-3-9(6-21-11)15(19)20-2/h3-6H,7H2,1-2H3. The number of ether oxygens (including phenoxy) is 2. The van der Waals surface area contributed by atoms with Crippen LogP contribution in [0.5, 0.6) is 5.75 Å². The van der Waals surface area contributed by atoms with Crippen molar-refractivity contribution in [2.24, 2.45) is 0 Å². The number of Topliss-reactive ketones (excluding diaryl/α,β-unsaturated/α-hetero) is 1. The Morgan fingerprint density at radius 1 is 1.23 bits per heavy atom. The summed E-state index contributed by atoms with van der Waals surface area (Å²) in [6.45, 7) is 0.936. The zero-order chi connectivity index (χ0) is 16.3. The normalized spacial score (nSPS) is 10.4. The van der Waals surface area contributed by atoms with E-state index < -0.39 is 23.4 Å². The molecule has 7 heteroatoms. The molecule has 0 spiro atoms. The van der Waals surface area contributed by atoms with E-state index in [0.29, 0.717) is 6.07 Å². The van der Waals surface area contributed by atoms with Gasteiger partial charge in [-0.25, -0.2) is 13.6 Å². The molecule has 116 valence electrons. The molecule has 0 unspecified atom stereocenters. The second kappa shape index (κ2) is 6.38. The number of halogens is 2. The summed E-state index contributed by atoms with van der Waals surface area (Å²) in [6, 6.07) is 2.88. The molecule has 0 amide bonds. The number of hydrogen-bond donors (Lipinski definition) is 0. The lowest BCUT2D eigenvalue weighted by Gasteiger charge is -2.09. The van der Waals surface area contributed by atoms with E-state index in [4.69, 9.17) is 9.15 Å². The highest BCUT2D eigenvalue weighted by Gasteiger charge is 2.18. The van der Waals surface area contributed by atoms with Gasteiger partial charge in [-0.15, -0.1) is 0 Å². The van der Waals surface area contributed by atoms with Crippen LogP contribution in [0.1, 0.15) is 33.4 Å². The third kappa shape index (κ3) is 3.30. The van der Waals surface area contributed by atoms with Gasteiger partial charge in [-0.1, -0.05) is 0 Å². The van der Waals surface area contributed by atoms with Crippen molar-refractivity contribution >= 4 is 11.8 Å². The Hall–Kier alpha value is -2.70. The Bertz CT molecular complexity index is 721. The maximum atomic E-state index is 13.6. The van der Waals surface area contributed by atoms with E-state index in [0.717, 1.165) is 13.0 Å². The molecule has 0 saturated carbocycles. The van der Waals surface area contributed by atoms with E-state index in [1.165, 1.54) is 19.4 Å². The molecule has 5 nitrogen and oxygen atoms in total. The number of carbonyl (C=O) groups excluding carboxylic acids is 2. The number of methoxy groups -OCH3 is 1. The van der Waals surface area contributed by atoms with Crippen LogP contribution >= 0.6 is 0 Å². The van der Waals surface area contributed by atoms with Crippen molar-refractivity contribution < 1.29 is 32.3 Å². The highest BCUT2D eigenvalue weighted by Crippen LogP contribution is 2.25. The summed E-state index contributed by atoms with van der Waals surface area (Å²) in [6.07, 6.45) is 1.17. The summed E-state index contributed by atoms with van der Waals surface area (Å²) < 4.78 is 41.7. The molecule has 0 N–H and O–H groups in total. The highest BCUT2D eigenvalue weighted by atomic mass is 19.1. The summed E-state index contributed by atoms with van der Waals surface area (Å²) in [4.78, 5) is 22.7. The molecule has 2 rings (SSSR count). The van der Waals surface area contributed by atoms with E-state index in [2.05, 4.69) is 4.74 Å². The fraction of sp³-hybridized carbons (Fsp3) is 0.200. The average Bonchev–Trinajstić information content (AvgIpc) is 2.91. The van der Waals surface area contributed by atoms with E-state index in [-0.39, 0.29) is 29.2 Å². The van der Waals surface area contributed by atoms with Gasteiger partial charge < -0.3 is 13.9 Å². The van der Waals surface area contributed by atoms with Gasteiger partial charge in [0.25, 0.3) is 0 Å². The van der Waals surface area contributed by atoms with E-state index in [1.54, 1.807) is 0 Å². The van der Waals surface area contributed by atoms with Gasteiger partial charge in [-0.2, -0.15) is 0 Å². The van der Waals surface area contributed by atoms with Crippen molar-refractivity contribution in [3.8, 4) is 5.75 Å². The molecule has 2 aromatic rings. The molecule has 1 aromatic heterocycles. The summed E-state index contributed by atoms with van der Waals surface area (Å²) in [5.74, 6) is -3.05. The predicted molar refractivity (Wildman–Crippen MR) is 70.7 cm³/mol. The lowest BCUT2D eigenvalue weighted by Crippen LogP contribution is -2.05. The maximum absolute atomic E-state index is 13.6. The van der Waals surface area contributed by atoms with Gasteiger partial charge in [0, 0.05) is 12.1 Å². The molecule has 0 fully saturated rings. The van der Waals surface area contributed by atoms with Crippen molar-refractivity contribution in [1.29, 1.82) is 0 Å². The highest BCUT2D eigenvalue weighted by molar-refractivity contribution is 5.97. The Kier molecular flexibility index (Phi) is 4.55. The van der Waals surface area contributed by atoms with Crippen molar-refractivity contribution in [1.82, 2.24) is 0 Å². The second-order valence-electron chi connectivity index (χ2n) is 4.40. The average molecular weight is 310 g/mol. The smallest absolute Gasteiger partial charge is 0.341 e. The minimum absolute atomic E-state index is 0.179. The fourth-order valence-electron chi connectivity index (χ4n) is 1.84. The Balaban J connectivity index is 2.19. The van der Waals surface area contributed by atoms with Gasteiger partial charge in [0.1, 0.15) is 36.0 Å². The van der Waals surface area contributed by atoms with Crippen LogP contribution in [0.15, 0.2) is 28.9 Å². The first kappa shape index (κ1) is 15.7. The second-order valence-corrected chi connectivity index (χ2v) is 4.40. The number of furan rings is 1. The monoisotopic (exact) mass is 310 g/mol. The first-order valence-electron chi connectivity index (χ1n) is 6.21. The minimum atomic E-state index is -1.00. The van der Waals surface area contributed by atoms with Crippen LogP contribution < -0.4 is 4.74 Å². The van der Waals surface area contributed by atoms with Crippen LogP contribution in [0.2, 0.25) is 0 Å². The SMILES string of the molecule is COC(=O)c1coc(COc2cc(F)cc(F)c2C(C)=O)c1. The zero-order valence-corrected chi connectivity index (χ0v) is 11.8. The first-order chi connectivity index (χ1) is 10.4. The zero-order valence-electron chi connectivity index (χ0n) is 11.8. The van der Waals surface area contributed by atoms with Crippen LogP contribution in [0, 0.1) is 11.6 Å². The molecule has 1 heterocycles. The molecule has 0 aliphatic carbocycles. The van der Waals surface area contributed by atoms with Gasteiger partial charge in [0.2, 0.25) is 0 Å². The first-order valence-corrected chi connectivity index (χ1v) is 6.21. The van der Waals surface area contributed by atoms with Crippen LogP contribution in [-0.4, -0.2) is 18.9 Å². The van der Waals surface area contributed by atoms with Crippen molar-refractivity contribution in [3.05, 3.63) is 53.0 Å². The Morgan fingerprint density at radius 2 is 1.95 bits per heavy atom. The van der Waals surface area contributed by atoms with Crippen molar-refractivity contribution in [3.63, 3.8) is 0 Å². The Labute approximate surface area is 124 Å². The van der Waals surface area contributed by atoms with Gasteiger partial charge >= 0.3 is 5.97 Å². The number of rotatable bonds is 5. The third-order valence-electron chi connectivity index (χ3n) is 2.82. The molecule has 22 heavy (non-hydrogen) atoms. The summed E-state index contributed by atoms with van der Waals surface area (Å²) in [5.41, 5.74) is -0.167. The lowest BCUT2D eigenvalue weighted by atomic mass is 10.1. The minimum Gasteiger partial charge on any atom is -0.485 e. The van der Waals surface area contributed by atoms with Crippen LogP contribution in [0.25, 0.3) is 0 Å². The quantitative estimate of drug-likeness (QED) is 0.627. The number of benzene rings is 1. The van der Waals surface area contributed by atoms with E-state index >= 15 is 0 Å². The number of ketones is 1. The van der Waals surface area contributed by atoms with Crippen molar-refractivity contribution in [2.75, 3.05) is 7.11 Å². The number of esters is 1. The van der Waals surface area contributed by atoms with Crippen LogP contribution in [0.4, 0.5) is 8.78 Å². The molecule has 0 saturated heterocycles. The number of hydrogen-bond acceptors (Lipinski definition) is 5. The largest absolute Gasteiger partial charge is 0.485 e. The van der Waals surface area contributed by atoms with Gasteiger partial charge in [-0.05, 0) is 13.0 Å². The molecular formula is C15H12F2O5. The van der Waals surface area contributed by atoms with Crippen molar-refractivity contribution in [2.45, 2.75) is 13.5 Å². The van der Waals surface area contributed by atoms with Gasteiger partial charge in [0.15, 0.2) is 5.78 Å². The van der Waals surface area contributed by atoms with Gasteiger partial charge in [0.05, 0.1) is 18.2 Å². The summed E-state index contributed by atoms with van der Waals surface area (Å²) >= 11 is 0. The molecular weight excluding hydrogens is 298 g/mol. The predicted octanol–water partition coefficient (Wildman–Crippen LogP) is 3.13. The van der Waals surface area contributed by atoms with E-state index in [1.807, 2.05) is 0 Å². The molecule has 1 aromatic carbocycles. The molecule has 0 bridgehead atoms. The Morgan fingerprint density at radius 3 is 2.59 bits per heavy atom. The molecule has 0 radical (unpaired) electrons. The molecule has 0 aliphatic heterocycles.